The maximum atomic E-state index is 13.0. The molecule has 2 aliphatic rings. The van der Waals surface area contributed by atoms with Gasteiger partial charge in [-0.15, -0.1) is 0 Å². The summed E-state index contributed by atoms with van der Waals surface area (Å²) in [4.78, 5) is 31.1. The number of nitrogens with zero attached hydrogens (tertiary/aromatic N) is 3. The van der Waals surface area contributed by atoms with E-state index in [0.29, 0.717) is 6.42 Å². The van der Waals surface area contributed by atoms with Crippen molar-refractivity contribution >= 4 is 11.8 Å². The van der Waals surface area contributed by atoms with Crippen LogP contribution in [0.25, 0.3) is 0 Å². The molecular formula is C18H25N3O2. The predicted octanol–water partition coefficient (Wildman–Crippen LogP) is 1.29. The molecule has 2 amide bonds. The van der Waals surface area contributed by atoms with Crippen molar-refractivity contribution in [1.29, 1.82) is 0 Å². The zero-order valence-corrected chi connectivity index (χ0v) is 14.2. The monoisotopic (exact) mass is 315 g/mol. The maximum absolute atomic E-state index is 13.0. The molecule has 2 saturated heterocycles. The Balaban J connectivity index is 1.82. The van der Waals surface area contributed by atoms with Gasteiger partial charge in [-0.1, -0.05) is 29.8 Å². The molecule has 2 fully saturated rings. The van der Waals surface area contributed by atoms with E-state index in [1.807, 2.05) is 43.1 Å². The van der Waals surface area contributed by atoms with Crippen LogP contribution >= 0.6 is 0 Å². The zero-order valence-electron chi connectivity index (χ0n) is 14.2. The van der Waals surface area contributed by atoms with E-state index in [1.54, 1.807) is 4.90 Å². The average Bonchev–Trinajstić information content (AvgIpc) is 2.84. The van der Waals surface area contributed by atoms with Gasteiger partial charge in [0.15, 0.2) is 0 Å². The predicted molar refractivity (Wildman–Crippen MR) is 88.9 cm³/mol. The summed E-state index contributed by atoms with van der Waals surface area (Å²) < 4.78 is 0. The minimum atomic E-state index is -0.265. The third kappa shape index (κ3) is 3.11. The highest BCUT2D eigenvalue weighted by atomic mass is 16.2. The van der Waals surface area contributed by atoms with Crippen LogP contribution in [0.4, 0.5) is 0 Å². The lowest BCUT2D eigenvalue weighted by Crippen LogP contribution is -2.49. The summed E-state index contributed by atoms with van der Waals surface area (Å²) in [5, 5.41) is 0. The second kappa shape index (κ2) is 6.32. The molecule has 0 N–H and O–H groups in total. The minimum Gasteiger partial charge on any atom is -0.340 e. The van der Waals surface area contributed by atoms with Crippen LogP contribution in [0.1, 0.15) is 23.6 Å². The molecule has 1 aromatic rings. The van der Waals surface area contributed by atoms with Crippen molar-refractivity contribution in [2.45, 2.75) is 19.4 Å². The van der Waals surface area contributed by atoms with Crippen LogP contribution in [0.15, 0.2) is 24.3 Å². The molecule has 5 heteroatoms. The van der Waals surface area contributed by atoms with Gasteiger partial charge in [-0.2, -0.15) is 0 Å². The Bertz CT molecular complexity index is 591. The van der Waals surface area contributed by atoms with Crippen LogP contribution in [-0.2, 0) is 9.59 Å². The minimum absolute atomic E-state index is 0.0584. The van der Waals surface area contributed by atoms with Gasteiger partial charge >= 0.3 is 0 Å². The first-order chi connectivity index (χ1) is 11.0. The molecule has 5 nitrogen and oxygen atoms in total. The molecule has 124 valence electrons. The number of aryl methyl sites for hydroxylation is 1. The van der Waals surface area contributed by atoms with Gasteiger partial charge in [-0.05, 0) is 19.5 Å². The summed E-state index contributed by atoms with van der Waals surface area (Å²) in [6.45, 7) is 5.35. The Morgan fingerprint density at radius 2 is 1.65 bits per heavy atom. The standard InChI is InChI=1S/C18H25N3O2/c1-13-4-6-14(7-5-13)17-15(12-16(22)20(17)3)18(23)21-10-8-19(2)9-11-21/h4-7,15,17H,8-12H2,1-3H3/t15-,17+/m1/s1. The Kier molecular flexibility index (Phi) is 4.39. The first-order valence-corrected chi connectivity index (χ1v) is 8.27. The fraction of sp³-hybridized carbons (Fsp3) is 0.556. The summed E-state index contributed by atoms with van der Waals surface area (Å²) in [5.41, 5.74) is 2.24. The van der Waals surface area contributed by atoms with Gasteiger partial charge in [-0.3, -0.25) is 9.59 Å². The SMILES string of the molecule is Cc1ccc([C@H]2[C@H](C(=O)N3CCN(C)CC3)CC(=O)N2C)cc1. The third-order valence-corrected chi connectivity index (χ3v) is 5.14. The third-order valence-electron chi connectivity index (χ3n) is 5.14. The van der Waals surface area contributed by atoms with E-state index in [-0.39, 0.29) is 23.8 Å². The Hall–Kier alpha value is -1.88. The van der Waals surface area contributed by atoms with Crippen molar-refractivity contribution < 1.29 is 9.59 Å². The molecule has 0 bridgehead atoms. The molecule has 2 aliphatic heterocycles. The number of amides is 2. The number of likely N-dealkylation sites (N-methyl/N-ethyl adjacent to an activating group) is 1. The second-order valence-electron chi connectivity index (χ2n) is 6.80. The van der Waals surface area contributed by atoms with Gasteiger partial charge in [0.05, 0.1) is 12.0 Å². The van der Waals surface area contributed by atoms with Crippen LogP contribution in [0, 0.1) is 12.8 Å². The molecule has 0 saturated carbocycles. The molecule has 0 spiro atoms. The molecule has 3 rings (SSSR count). The highest BCUT2D eigenvalue weighted by Gasteiger charge is 2.44. The van der Waals surface area contributed by atoms with Crippen LogP contribution < -0.4 is 0 Å². The van der Waals surface area contributed by atoms with E-state index in [4.69, 9.17) is 0 Å². The molecule has 1 aromatic carbocycles. The molecule has 0 aliphatic carbocycles. The molecule has 23 heavy (non-hydrogen) atoms. The van der Waals surface area contributed by atoms with Crippen molar-refractivity contribution in [2.75, 3.05) is 40.3 Å². The van der Waals surface area contributed by atoms with E-state index in [2.05, 4.69) is 11.9 Å². The smallest absolute Gasteiger partial charge is 0.228 e. The first-order valence-electron chi connectivity index (χ1n) is 8.27. The molecule has 0 aromatic heterocycles. The van der Waals surface area contributed by atoms with Crippen LogP contribution in [0.5, 0.6) is 0 Å². The quantitative estimate of drug-likeness (QED) is 0.826. The lowest BCUT2D eigenvalue weighted by Gasteiger charge is -2.35. The average molecular weight is 315 g/mol. The van der Waals surface area contributed by atoms with Crippen molar-refractivity contribution in [1.82, 2.24) is 14.7 Å². The fourth-order valence-corrected chi connectivity index (χ4v) is 3.57. The van der Waals surface area contributed by atoms with Gasteiger partial charge in [-0.25, -0.2) is 0 Å². The number of carbonyl (C=O) groups excluding carboxylic acids is 2. The molecule has 2 heterocycles. The van der Waals surface area contributed by atoms with Crippen molar-refractivity contribution in [3.63, 3.8) is 0 Å². The largest absolute Gasteiger partial charge is 0.340 e. The van der Waals surface area contributed by atoms with E-state index < -0.39 is 0 Å². The highest BCUT2D eigenvalue weighted by molar-refractivity contribution is 5.90. The first kappa shape index (κ1) is 16.0. The number of rotatable bonds is 2. The Labute approximate surface area is 137 Å². The van der Waals surface area contributed by atoms with Crippen LogP contribution in [0.3, 0.4) is 0 Å². The van der Waals surface area contributed by atoms with E-state index in [1.165, 1.54) is 5.56 Å². The number of likely N-dealkylation sites (tertiary alicyclic amines) is 1. The second-order valence-corrected chi connectivity index (χ2v) is 6.80. The van der Waals surface area contributed by atoms with Gasteiger partial charge in [0, 0.05) is 39.6 Å². The molecule has 0 radical (unpaired) electrons. The summed E-state index contributed by atoms with van der Waals surface area (Å²) in [6.07, 6.45) is 0.320. The maximum Gasteiger partial charge on any atom is 0.228 e. The van der Waals surface area contributed by atoms with E-state index in [0.717, 1.165) is 31.7 Å². The van der Waals surface area contributed by atoms with E-state index in [9.17, 15) is 9.59 Å². The lowest BCUT2D eigenvalue weighted by atomic mass is 9.91. The molecular weight excluding hydrogens is 290 g/mol. The van der Waals surface area contributed by atoms with Gasteiger partial charge < -0.3 is 14.7 Å². The van der Waals surface area contributed by atoms with E-state index >= 15 is 0 Å². The zero-order chi connectivity index (χ0) is 16.6. The lowest BCUT2D eigenvalue weighted by molar-refractivity contribution is -0.138. The van der Waals surface area contributed by atoms with Gasteiger partial charge in [0.1, 0.15) is 0 Å². The number of benzene rings is 1. The van der Waals surface area contributed by atoms with Crippen molar-refractivity contribution in [3.05, 3.63) is 35.4 Å². The number of carbonyl (C=O) groups is 2. The van der Waals surface area contributed by atoms with Gasteiger partial charge in [0.25, 0.3) is 0 Å². The highest BCUT2D eigenvalue weighted by Crippen LogP contribution is 2.38. The number of piperazine rings is 1. The fourth-order valence-electron chi connectivity index (χ4n) is 3.57. The number of hydrogen-bond donors (Lipinski definition) is 0. The Morgan fingerprint density at radius 1 is 1.04 bits per heavy atom. The summed E-state index contributed by atoms with van der Waals surface area (Å²) >= 11 is 0. The summed E-state index contributed by atoms with van der Waals surface area (Å²) in [5.74, 6) is -0.0805. The van der Waals surface area contributed by atoms with Crippen molar-refractivity contribution in [3.8, 4) is 0 Å². The Morgan fingerprint density at radius 3 is 2.26 bits per heavy atom. The van der Waals surface area contributed by atoms with Crippen molar-refractivity contribution in [2.24, 2.45) is 5.92 Å². The van der Waals surface area contributed by atoms with Gasteiger partial charge in [0.2, 0.25) is 11.8 Å². The van der Waals surface area contributed by atoms with Crippen LogP contribution in [-0.4, -0.2) is 66.8 Å². The van der Waals surface area contributed by atoms with Crippen LogP contribution in [0.2, 0.25) is 0 Å². The summed E-state index contributed by atoms with van der Waals surface area (Å²) in [7, 11) is 3.88. The number of hydrogen-bond acceptors (Lipinski definition) is 3. The molecule has 0 unspecified atom stereocenters. The summed E-state index contributed by atoms with van der Waals surface area (Å²) in [6, 6.07) is 8.03. The topological polar surface area (TPSA) is 43.9 Å². The normalized spacial score (nSPS) is 26.0. The molecule has 2 atom stereocenters.